The molecule has 8 nitrogen and oxygen atoms in total. The quantitative estimate of drug-likeness (QED) is 0.483. The molecule has 2 aromatic carbocycles. The van der Waals surface area contributed by atoms with E-state index in [2.05, 4.69) is 5.32 Å². The maximum Gasteiger partial charge on any atom is 0.293 e. The number of carbonyl (C=O) groups excluding carboxylic acids is 3. The number of hydrogen-bond donors (Lipinski definition) is 1. The molecule has 1 aliphatic rings. The largest absolute Gasteiger partial charge is 0.350 e. The summed E-state index contributed by atoms with van der Waals surface area (Å²) >= 11 is 6.86. The highest BCUT2D eigenvalue weighted by molar-refractivity contribution is 8.18. The van der Waals surface area contributed by atoms with E-state index in [4.69, 9.17) is 11.6 Å². The Hall–Kier alpha value is -2.73. The van der Waals surface area contributed by atoms with Gasteiger partial charge in [0.1, 0.15) is 10.7 Å². The van der Waals surface area contributed by atoms with Crippen molar-refractivity contribution in [1.82, 2.24) is 14.5 Å². The zero-order valence-corrected chi connectivity index (χ0v) is 21.3. The Morgan fingerprint density at radius 3 is 2.43 bits per heavy atom. The van der Waals surface area contributed by atoms with Crippen LogP contribution in [0.2, 0.25) is 5.02 Å². The van der Waals surface area contributed by atoms with Gasteiger partial charge in [0.2, 0.25) is 10.0 Å². The van der Waals surface area contributed by atoms with Crippen molar-refractivity contribution >= 4 is 56.5 Å². The topological polar surface area (TPSA) is 104 Å². The highest BCUT2D eigenvalue weighted by Gasteiger charge is 2.34. The van der Waals surface area contributed by atoms with Crippen LogP contribution in [0.15, 0.2) is 52.3 Å². The number of carbonyl (C=O) groups is 3. The predicted molar refractivity (Wildman–Crippen MR) is 133 cm³/mol. The summed E-state index contributed by atoms with van der Waals surface area (Å²) in [6.07, 6.45) is 1.49. The summed E-state index contributed by atoms with van der Waals surface area (Å²) in [5, 5.41) is 2.10. The molecule has 1 N–H and O–H groups in total. The van der Waals surface area contributed by atoms with E-state index < -0.39 is 32.9 Å². The summed E-state index contributed by atoms with van der Waals surface area (Å²) in [5.41, 5.74) is 0.647. The van der Waals surface area contributed by atoms with Crippen LogP contribution in [0.4, 0.5) is 9.18 Å². The van der Waals surface area contributed by atoms with E-state index in [-0.39, 0.29) is 46.6 Å². The van der Waals surface area contributed by atoms with Gasteiger partial charge >= 0.3 is 0 Å². The van der Waals surface area contributed by atoms with E-state index in [1.54, 1.807) is 13.8 Å². The van der Waals surface area contributed by atoms with Crippen LogP contribution in [0.1, 0.15) is 29.8 Å². The second kappa shape index (κ2) is 11.3. The molecule has 1 saturated heterocycles. The lowest BCUT2D eigenvalue weighted by Crippen LogP contribution is -2.37. The summed E-state index contributed by atoms with van der Waals surface area (Å²) in [6, 6.07) is 9.42. The van der Waals surface area contributed by atoms with Crippen LogP contribution in [0, 0.1) is 5.82 Å². The maximum atomic E-state index is 13.1. The van der Waals surface area contributed by atoms with E-state index in [1.807, 2.05) is 0 Å². The fourth-order valence-electron chi connectivity index (χ4n) is 3.33. The first-order chi connectivity index (χ1) is 16.6. The summed E-state index contributed by atoms with van der Waals surface area (Å²) in [5.74, 6) is -1.51. The molecule has 0 saturated carbocycles. The van der Waals surface area contributed by atoms with Crippen LogP contribution in [0.5, 0.6) is 0 Å². The molecule has 0 atom stereocenters. The second-order valence-corrected chi connectivity index (χ2v) is 10.7. The molecule has 2 aromatic rings. The molecule has 35 heavy (non-hydrogen) atoms. The molecule has 1 fully saturated rings. The number of imide groups is 1. The maximum absolute atomic E-state index is 13.1. The van der Waals surface area contributed by atoms with Gasteiger partial charge in [0.25, 0.3) is 17.1 Å². The van der Waals surface area contributed by atoms with E-state index in [0.29, 0.717) is 5.56 Å². The van der Waals surface area contributed by atoms with Gasteiger partial charge in [-0.2, -0.15) is 4.31 Å². The van der Waals surface area contributed by atoms with Crippen molar-refractivity contribution in [2.24, 2.45) is 0 Å². The standard InChI is InChI=1S/C23H23ClFN3O5S2/c1-3-27(4-2)35(32,33)20-14-16(7-10-18(20)24)21(29)26-11-12-28-22(30)19(34-23(28)31)13-15-5-8-17(25)9-6-15/h5-10,13-14H,3-4,11-12H2,1-2H3,(H,26,29). The summed E-state index contributed by atoms with van der Waals surface area (Å²) in [4.78, 5) is 38.5. The normalized spacial score (nSPS) is 15.3. The first kappa shape index (κ1) is 26.9. The number of rotatable bonds is 9. The number of amides is 3. The second-order valence-electron chi connectivity index (χ2n) is 7.38. The minimum absolute atomic E-state index is 0.000735. The van der Waals surface area contributed by atoms with Gasteiger partial charge in [-0.05, 0) is 53.7 Å². The third-order valence-electron chi connectivity index (χ3n) is 5.18. The zero-order chi connectivity index (χ0) is 25.8. The van der Waals surface area contributed by atoms with Gasteiger partial charge in [-0.25, -0.2) is 12.8 Å². The molecule has 3 rings (SSSR count). The average Bonchev–Trinajstić information content (AvgIpc) is 3.08. The molecular formula is C23H23ClFN3O5S2. The number of benzene rings is 2. The van der Waals surface area contributed by atoms with Crippen molar-refractivity contribution in [1.29, 1.82) is 0 Å². The van der Waals surface area contributed by atoms with Gasteiger partial charge in [0.15, 0.2) is 0 Å². The van der Waals surface area contributed by atoms with Crippen LogP contribution >= 0.6 is 23.4 Å². The molecule has 1 aliphatic heterocycles. The Bertz CT molecular complexity index is 1280. The Labute approximate surface area is 212 Å². The lowest BCUT2D eigenvalue weighted by Gasteiger charge is -2.19. The fourth-order valence-corrected chi connectivity index (χ4v) is 6.15. The molecule has 186 valence electrons. The van der Waals surface area contributed by atoms with Gasteiger partial charge in [-0.15, -0.1) is 0 Å². The Balaban J connectivity index is 1.66. The van der Waals surface area contributed by atoms with Crippen molar-refractivity contribution in [3.63, 3.8) is 0 Å². The molecule has 0 radical (unpaired) electrons. The first-order valence-corrected chi connectivity index (χ1v) is 13.3. The van der Waals surface area contributed by atoms with E-state index >= 15 is 0 Å². The number of nitrogens with zero attached hydrogens (tertiary/aromatic N) is 2. The van der Waals surface area contributed by atoms with Crippen LogP contribution in [0.25, 0.3) is 6.08 Å². The molecule has 3 amide bonds. The molecule has 0 aromatic heterocycles. The predicted octanol–water partition coefficient (Wildman–Crippen LogP) is 3.98. The summed E-state index contributed by atoms with van der Waals surface area (Å²) in [6.45, 7) is 3.78. The highest BCUT2D eigenvalue weighted by atomic mass is 35.5. The number of halogens is 2. The lowest BCUT2D eigenvalue weighted by molar-refractivity contribution is -0.122. The number of hydrogen-bond acceptors (Lipinski definition) is 6. The minimum Gasteiger partial charge on any atom is -0.350 e. The average molecular weight is 540 g/mol. The van der Waals surface area contributed by atoms with Crippen molar-refractivity contribution in [3.8, 4) is 0 Å². The number of thioether (sulfide) groups is 1. The number of nitrogens with one attached hydrogen (secondary N) is 1. The third kappa shape index (κ3) is 6.10. The minimum atomic E-state index is -3.88. The van der Waals surface area contributed by atoms with Gasteiger partial charge in [0.05, 0.1) is 9.93 Å². The van der Waals surface area contributed by atoms with Crippen molar-refractivity contribution in [2.75, 3.05) is 26.2 Å². The monoisotopic (exact) mass is 539 g/mol. The van der Waals surface area contributed by atoms with Crippen LogP contribution in [0.3, 0.4) is 0 Å². The van der Waals surface area contributed by atoms with Crippen LogP contribution in [-0.2, 0) is 14.8 Å². The van der Waals surface area contributed by atoms with E-state index in [1.165, 1.54) is 52.8 Å². The fraction of sp³-hybridized carbons (Fsp3) is 0.261. The molecule has 0 unspecified atom stereocenters. The van der Waals surface area contributed by atoms with Gasteiger partial charge < -0.3 is 5.32 Å². The Kier molecular flexibility index (Phi) is 8.70. The molecular weight excluding hydrogens is 517 g/mol. The van der Waals surface area contributed by atoms with Crippen LogP contribution < -0.4 is 5.32 Å². The highest BCUT2D eigenvalue weighted by Crippen LogP contribution is 2.32. The van der Waals surface area contributed by atoms with Gasteiger partial charge in [-0.1, -0.05) is 37.6 Å². The van der Waals surface area contributed by atoms with Crippen molar-refractivity contribution in [2.45, 2.75) is 18.7 Å². The summed E-state index contributed by atoms with van der Waals surface area (Å²) < 4.78 is 40.0. The first-order valence-electron chi connectivity index (χ1n) is 10.7. The molecule has 12 heteroatoms. The molecule has 0 bridgehead atoms. The van der Waals surface area contributed by atoms with Gasteiger partial charge in [-0.3, -0.25) is 19.3 Å². The summed E-state index contributed by atoms with van der Waals surface area (Å²) in [7, 11) is -3.88. The smallest absolute Gasteiger partial charge is 0.293 e. The molecule has 0 aliphatic carbocycles. The van der Waals surface area contributed by atoms with E-state index in [0.717, 1.165) is 16.7 Å². The Morgan fingerprint density at radius 2 is 1.80 bits per heavy atom. The Morgan fingerprint density at radius 1 is 1.14 bits per heavy atom. The molecule has 1 heterocycles. The lowest BCUT2D eigenvalue weighted by atomic mass is 10.2. The SMILES string of the molecule is CCN(CC)S(=O)(=O)c1cc(C(=O)NCCN2C(=O)SC(=Cc3ccc(F)cc3)C2=O)ccc1Cl. The third-order valence-corrected chi connectivity index (χ3v) is 8.62. The molecule has 0 spiro atoms. The van der Waals surface area contributed by atoms with Crippen molar-refractivity contribution < 1.29 is 27.2 Å². The zero-order valence-electron chi connectivity index (χ0n) is 19.0. The van der Waals surface area contributed by atoms with Crippen LogP contribution in [-0.4, -0.2) is 60.9 Å². The number of sulfonamides is 1. The van der Waals surface area contributed by atoms with Gasteiger partial charge in [0, 0.05) is 31.7 Å². The van der Waals surface area contributed by atoms with E-state index in [9.17, 15) is 27.2 Å². The van der Waals surface area contributed by atoms with Crippen molar-refractivity contribution in [3.05, 3.63) is 69.3 Å².